The van der Waals surface area contributed by atoms with Gasteiger partial charge in [-0.3, -0.25) is 9.59 Å². The van der Waals surface area contributed by atoms with Gasteiger partial charge in [0.25, 0.3) is 11.8 Å². The van der Waals surface area contributed by atoms with Crippen molar-refractivity contribution in [1.82, 2.24) is 0 Å². The minimum absolute atomic E-state index is 0.0163. The van der Waals surface area contributed by atoms with E-state index in [9.17, 15) is 24.9 Å². The van der Waals surface area contributed by atoms with E-state index in [2.05, 4.69) is 10.8 Å². The molecule has 0 unspecified atom stereocenters. The van der Waals surface area contributed by atoms with Crippen LogP contribution >= 0.6 is 0 Å². The summed E-state index contributed by atoms with van der Waals surface area (Å²) in [5, 5.41) is 19.3. The summed E-state index contributed by atoms with van der Waals surface area (Å²) < 4.78 is 0. The predicted molar refractivity (Wildman–Crippen MR) is 138 cm³/mol. The molecule has 0 spiro atoms. The molecule has 1 aliphatic rings. The summed E-state index contributed by atoms with van der Waals surface area (Å²) in [5.74, 6) is 5.46. The van der Waals surface area contributed by atoms with Crippen LogP contribution in [0.5, 0.6) is 0 Å². The number of carbonyl (C=O) groups is 3. The van der Waals surface area contributed by atoms with Crippen molar-refractivity contribution < 1.29 is 19.2 Å². The van der Waals surface area contributed by atoms with Crippen molar-refractivity contribution in [1.29, 1.82) is 10.5 Å². The third-order valence-electron chi connectivity index (χ3n) is 6.37. The summed E-state index contributed by atoms with van der Waals surface area (Å²) in [6.07, 6.45) is 5.44. The van der Waals surface area contributed by atoms with Gasteiger partial charge in [0, 0.05) is 33.2 Å². The molecule has 1 aliphatic heterocycles. The smallest absolute Gasteiger partial charge is 0.357 e. The summed E-state index contributed by atoms with van der Waals surface area (Å²) in [7, 11) is 0. The van der Waals surface area contributed by atoms with Gasteiger partial charge in [-0.25, -0.2) is 9.69 Å². The quantitative estimate of drug-likeness (QED) is 0.187. The highest BCUT2D eigenvalue weighted by molar-refractivity contribution is 6.37. The number of benzene rings is 4. The molecular weight excluding hydrogens is 482 g/mol. The van der Waals surface area contributed by atoms with Crippen molar-refractivity contribution in [3.63, 3.8) is 0 Å². The predicted octanol–water partition coefficient (Wildman–Crippen LogP) is 3.64. The molecule has 9 nitrogen and oxygen atoms in total. The molecule has 0 fully saturated rings. The average Bonchev–Trinajstić information content (AvgIpc) is 2.94. The maximum atomic E-state index is 13.7. The van der Waals surface area contributed by atoms with Gasteiger partial charge in [-0.05, 0) is 59.7 Å². The molecule has 2 amide bonds. The third kappa shape index (κ3) is 3.42. The normalized spacial score (nSPS) is 12.0. The minimum atomic E-state index is -0.885. The van der Waals surface area contributed by atoms with Crippen LogP contribution in [0.15, 0.2) is 60.7 Å². The van der Waals surface area contributed by atoms with Gasteiger partial charge in [0.2, 0.25) is 0 Å². The van der Waals surface area contributed by atoms with E-state index in [1.165, 1.54) is 48.5 Å². The van der Waals surface area contributed by atoms with Crippen molar-refractivity contribution in [2.24, 2.45) is 5.90 Å². The second-order valence-corrected chi connectivity index (χ2v) is 8.32. The fourth-order valence-electron chi connectivity index (χ4n) is 4.62. The molecule has 38 heavy (non-hydrogen) atoms. The first kappa shape index (κ1) is 23.8. The van der Waals surface area contributed by atoms with E-state index >= 15 is 0 Å². The van der Waals surface area contributed by atoms with Crippen molar-refractivity contribution >= 4 is 39.9 Å². The molecule has 4 aromatic rings. The van der Waals surface area contributed by atoms with Gasteiger partial charge in [0.15, 0.2) is 0 Å². The third-order valence-corrected chi connectivity index (χ3v) is 6.37. The largest absolute Gasteiger partial charge is 0.398 e. The molecule has 0 radical (unpaired) electrons. The molecule has 0 atom stereocenters. The number of terminal acetylenes is 1. The molecule has 0 saturated carbocycles. The standard InChI is InChI=1S/C29H15N5O4/c1-2-15-5-6-19(12-24(15)32)34-27(35)21-8-7-20(16-3-4-17(13-30)18(11-16)14-31)25-23(29(37)38-33)10-9-22(26(21)25)28(34)36/h1,3-12H,32-33H2. The summed E-state index contributed by atoms with van der Waals surface area (Å²) in [6, 6.07) is 19.0. The Bertz CT molecular complexity index is 1850. The van der Waals surface area contributed by atoms with E-state index in [1.807, 2.05) is 12.1 Å². The summed E-state index contributed by atoms with van der Waals surface area (Å²) in [5.41, 5.74) is 8.42. The Hall–Kier alpha value is -5.95. The molecule has 180 valence electrons. The van der Waals surface area contributed by atoms with Crippen molar-refractivity contribution in [3.05, 3.63) is 94.0 Å². The average molecular weight is 497 g/mol. The van der Waals surface area contributed by atoms with Gasteiger partial charge in [0.1, 0.15) is 12.1 Å². The summed E-state index contributed by atoms with van der Waals surface area (Å²) in [6.45, 7) is 0. The summed E-state index contributed by atoms with van der Waals surface area (Å²) in [4.78, 5) is 45.5. The lowest BCUT2D eigenvalue weighted by Gasteiger charge is -2.28. The first-order valence-electron chi connectivity index (χ1n) is 11.0. The van der Waals surface area contributed by atoms with Crippen molar-refractivity contribution in [3.8, 4) is 35.6 Å². The van der Waals surface area contributed by atoms with Crippen LogP contribution in [0, 0.1) is 35.0 Å². The van der Waals surface area contributed by atoms with E-state index in [-0.39, 0.29) is 50.0 Å². The van der Waals surface area contributed by atoms with Gasteiger partial charge < -0.3 is 10.6 Å². The Balaban J connectivity index is 1.80. The Morgan fingerprint density at radius 2 is 1.45 bits per heavy atom. The maximum Gasteiger partial charge on any atom is 0.357 e. The first-order valence-corrected chi connectivity index (χ1v) is 11.0. The highest BCUT2D eigenvalue weighted by atomic mass is 16.7. The Kier molecular flexibility index (Phi) is 5.58. The fourth-order valence-corrected chi connectivity index (χ4v) is 4.62. The van der Waals surface area contributed by atoms with Crippen LogP contribution in [0.25, 0.3) is 21.9 Å². The molecule has 0 bridgehead atoms. The highest BCUT2D eigenvalue weighted by Crippen LogP contribution is 2.40. The molecule has 4 N–H and O–H groups in total. The van der Waals surface area contributed by atoms with Gasteiger partial charge in [0.05, 0.1) is 22.4 Å². The van der Waals surface area contributed by atoms with Crippen LogP contribution in [0.3, 0.4) is 0 Å². The van der Waals surface area contributed by atoms with Crippen LogP contribution in [0.1, 0.15) is 47.8 Å². The highest BCUT2D eigenvalue weighted by Gasteiger charge is 2.36. The zero-order chi connectivity index (χ0) is 27.1. The Morgan fingerprint density at radius 3 is 2.05 bits per heavy atom. The second-order valence-electron chi connectivity index (χ2n) is 8.32. The number of carbonyl (C=O) groups excluding carboxylic acids is 3. The minimum Gasteiger partial charge on any atom is -0.398 e. The van der Waals surface area contributed by atoms with Crippen LogP contribution in [0.4, 0.5) is 11.4 Å². The van der Waals surface area contributed by atoms with E-state index in [0.717, 1.165) is 4.90 Å². The molecular formula is C29H15N5O4. The lowest BCUT2D eigenvalue weighted by atomic mass is 9.85. The molecule has 0 aromatic heterocycles. The Morgan fingerprint density at radius 1 is 0.816 bits per heavy atom. The number of amides is 2. The van der Waals surface area contributed by atoms with Crippen LogP contribution < -0.4 is 16.5 Å². The summed E-state index contributed by atoms with van der Waals surface area (Å²) >= 11 is 0. The van der Waals surface area contributed by atoms with E-state index in [0.29, 0.717) is 16.7 Å². The molecule has 9 heteroatoms. The maximum absolute atomic E-state index is 13.7. The van der Waals surface area contributed by atoms with Crippen LogP contribution in [-0.2, 0) is 4.84 Å². The van der Waals surface area contributed by atoms with Gasteiger partial charge >= 0.3 is 5.97 Å². The lowest BCUT2D eigenvalue weighted by Crippen LogP contribution is -2.40. The number of nitrogen functional groups attached to an aromatic ring is 1. The molecule has 0 saturated heterocycles. The molecule has 5 rings (SSSR count). The monoisotopic (exact) mass is 497 g/mol. The SMILES string of the molecule is C#Cc1ccc(N2C(=O)c3ccc(C(=O)ON)c4c(-c5ccc(C#N)c(C#N)c5)ccc(c34)C2=O)cc1N. The van der Waals surface area contributed by atoms with E-state index in [1.54, 1.807) is 12.1 Å². The number of nitriles is 2. The Labute approximate surface area is 216 Å². The zero-order valence-corrected chi connectivity index (χ0v) is 19.5. The molecule has 1 heterocycles. The number of nitrogens with zero attached hydrogens (tertiary/aromatic N) is 3. The van der Waals surface area contributed by atoms with Gasteiger partial charge in [-0.2, -0.15) is 16.4 Å². The van der Waals surface area contributed by atoms with Crippen molar-refractivity contribution in [2.45, 2.75) is 0 Å². The zero-order valence-electron chi connectivity index (χ0n) is 19.5. The van der Waals surface area contributed by atoms with E-state index in [4.69, 9.17) is 18.1 Å². The number of nitrogens with two attached hydrogens (primary N) is 2. The number of imide groups is 1. The van der Waals surface area contributed by atoms with Gasteiger partial charge in [-0.1, -0.05) is 18.1 Å². The van der Waals surface area contributed by atoms with Gasteiger partial charge in [-0.15, -0.1) is 6.42 Å². The first-order chi connectivity index (χ1) is 18.3. The topological polar surface area (TPSA) is 163 Å². The number of hydrogen-bond acceptors (Lipinski definition) is 8. The fraction of sp³-hybridized carbons (Fsp3) is 0. The number of rotatable bonds is 3. The number of hydrogen-bond donors (Lipinski definition) is 2. The second kappa shape index (κ2) is 8.92. The van der Waals surface area contributed by atoms with Crippen molar-refractivity contribution in [2.75, 3.05) is 10.6 Å². The van der Waals surface area contributed by atoms with E-state index < -0.39 is 17.8 Å². The lowest BCUT2D eigenvalue weighted by molar-refractivity contribution is 0.0505. The van der Waals surface area contributed by atoms with Crippen LogP contribution in [-0.4, -0.2) is 17.8 Å². The van der Waals surface area contributed by atoms with Crippen LogP contribution in [0.2, 0.25) is 0 Å². The molecule has 0 aliphatic carbocycles. The number of anilines is 2. The molecule has 4 aromatic carbocycles.